The summed E-state index contributed by atoms with van der Waals surface area (Å²) in [4.78, 5) is 1.23. The van der Waals surface area contributed by atoms with Crippen LogP contribution in [0.15, 0.2) is 23.1 Å². The lowest BCUT2D eigenvalue weighted by Crippen LogP contribution is -1.99. The van der Waals surface area contributed by atoms with E-state index in [0.29, 0.717) is 5.25 Å². The largest absolute Gasteiger partial charge is 0.491 e. The lowest BCUT2D eigenvalue weighted by atomic mass is 10.3. The van der Waals surface area contributed by atoms with E-state index in [1.807, 2.05) is 23.9 Å². The van der Waals surface area contributed by atoms with Crippen molar-refractivity contribution in [3.05, 3.63) is 18.2 Å². The minimum absolute atomic E-state index is 0.627. The first-order valence-corrected chi connectivity index (χ1v) is 6.74. The summed E-state index contributed by atoms with van der Waals surface area (Å²) in [6.45, 7) is 7.24. The number of rotatable bonds is 6. The molecule has 0 aromatic heterocycles. The molecule has 0 bridgehead atoms. The fraction of sp³-hybridized carbons (Fsp3) is 0.538. The van der Waals surface area contributed by atoms with Crippen LogP contribution in [0.25, 0.3) is 0 Å². The molecule has 16 heavy (non-hydrogen) atoms. The van der Waals surface area contributed by atoms with Crippen molar-refractivity contribution in [3.63, 3.8) is 0 Å². The Morgan fingerprint density at radius 3 is 2.75 bits per heavy atom. The van der Waals surface area contributed by atoms with Crippen molar-refractivity contribution < 1.29 is 4.74 Å². The van der Waals surface area contributed by atoms with Gasteiger partial charge in [0.05, 0.1) is 12.3 Å². The molecule has 0 aliphatic heterocycles. The van der Waals surface area contributed by atoms with Crippen LogP contribution in [0.2, 0.25) is 0 Å². The third-order valence-electron chi connectivity index (χ3n) is 2.36. The van der Waals surface area contributed by atoms with Gasteiger partial charge in [-0.15, -0.1) is 11.8 Å². The van der Waals surface area contributed by atoms with Crippen molar-refractivity contribution in [1.82, 2.24) is 0 Å². The standard InChI is InChI=1S/C13H21NOS/c1-4-8-15-13-9-11(6-7-12(13)14)16-10(3)5-2/h6-7,9-10H,4-5,8,14H2,1-3H3. The van der Waals surface area contributed by atoms with Gasteiger partial charge in [0.25, 0.3) is 0 Å². The molecule has 0 saturated carbocycles. The molecule has 3 heteroatoms. The number of hydrogen-bond donors (Lipinski definition) is 1. The van der Waals surface area contributed by atoms with Crippen LogP contribution in [0.5, 0.6) is 5.75 Å². The lowest BCUT2D eigenvalue weighted by molar-refractivity contribution is 0.318. The Labute approximate surface area is 103 Å². The summed E-state index contributed by atoms with van der Waals surface area (Å²) in [7, 11) is 0. The molecule has 0 saturated heterocycles. The lowest BCUT2D eigenvalue weighted by Gasteiger charge is -2.12. The number of benzene rings is 1. The summed E-state index contributed by atoms with van der Waals surface area (Å²) in [5.74, 6) is 0.815. The predicted octanol–water partition coefficient (Wildman–Crippen LogP) is 3.95. The molecular weight excluding hydrogens is 218 g/mol. The van der Waals surface area contributed by atoms with E-state index in [1.54, 1.807) is 0 Å². The molecular formula is C13H21NOS. The predicted molar refractivity (Wildman–Crippen MR) is 72.3 cm³/mol. The molecule has 2 nitrogen and oxygen atoms in total. The highest BCUT2D eigenvalue weighted by Gasteiger charge is 2.05. The monoisotopic (exact) mass is 239 g/mol. The van der Waals surface area contributed by atoms with Gasteiger partial charge in [0, 0.05) is 10.1 Å². The van der Waals surface area contributed by atoms with E-state index in [4.69, 9.17) is 10.5 Å². The van der Waals surface area contributed by atoms with Crippen molar-refractivity contribution in [2.24, 2.45) is 0 Å². The third kappa shape index (κ3) is 3.97. The van der Waals surface area contributed by atoms with E-state index in [9.17, 15) is 0 Å². The first-order chi connectivity index (χ1) is 7.67. The quantitative estimate of drug-likeness (QED) is 0.603. The van der Waals surface area contributed by atoms with Crippen molar-refractivity contribution in [3.8, 4) is 5.75 Å². The van der Waals surface area contributed by atoms with Crippen molar-refractivity contribution in [2.45, 2.75) is 43.8 Å². The molecule has 0 aliphatic rings. The Bertz CT molecular complexity index is 328. The minimum atomic E-state index is 0.627. The van der Waals surface area contributed by atoms with Crippen LogP contribution in [0.3, 0.4) is 0 Å². The molecule has 0 aliphatic carbocycles. The van der Waals surface area contributed by atoms with Crippen LogP contribution >= 0.6 is 11.8 Å². The maximum atomic E-state index is 5.86. The van der Waals surface area contributed by atoms with Gasteiger partial charge >= 0.3 is 0 Å². The molecule has 1 atom stereocenters. The first kappa shape index (κ1) is 13.2. The van der Waals surface area contributed by atoms with Gasteiger partial charge in [-0.05, 0) is 31.0 Å². The van der Waals surface area contributed by atoms with Gasteiger partial charge in [-0.25, -0.2) is 0 Å². The number of thioether (sulfide) groups is 1. The van der Waals surface area contributed by atoms with Crippen LogP contribution in [0.4, 0.5) is 5.69 Å². The highest BCUT2D eigenvalue weighted by Crippen LogP contribution is 2.31. The van der Waals surface area contributed by atoms with Crippen LogP contribution in [0, 0.1) is 0 Å². The van der Waals surface area contributed by atoms with Crippen LogP contribution in [0.1, 0.15) is 33.6 Å². The highest BCUT2D eigenvalue weighted by molar-refractivity contribution is 7.99. The Morgan fingerprint density at radius 2 is 2.12 bits per heavy atom. The van der Waals surface area contributed by atoms with E-state index in [0.717, 1.165) is 24.5 Å². The van der Waals surface area contributed by atoms with Gasteiger partial charge in [-0.1, -0.05) is 20.8 Å². The molecule has 0 fully saturated rings. The second-order valence-electron chi connectivity index (χ2n) is 3.88. The summed E-state index contributed by atoms with van der Waals surface area (Å²) in [6, 6.07) is 6.03. The Balaban J connectivity index is 2.72. The molecule has 90 valence electrons. The zero-order valence-corrected chi connectivity index (χ0v) is 11.1. The van der Waals surface area contributed by atoms with E-state index >= 15 is 0 Å². The molecule has 1 aromatic carbocycles. The molecule has 0 amide bonds. The second kappa shape index (κ2) is 6.69. The van der Waals surface area contributed by atoms with Crippen molar-refractivity contribution >= 4 is 17.4 Å². The van der Waals surface area contributed by atoms with E-state index in [1.165, 1.54) is 11.3 Å². The van der Waals surface area contributed by atoms with Gasteiger partial charge in [-0.3, -0.25) is 0 Å². The number of nitrogens with two attached hydrogens (primary N) is 1. The third-order valence-corrected chi connectivity index (χ3v) is 3.62. The highest BCUT2D eigenvalue weighted by atomic mass is 32.2. The Hall–Kier alpha value is -0.830. The Kier molecular flexibility index (Phi) is 5.53. The van der Waals surface area contributed by atoms with Crippen LogP contribution in [-0.2, 0) is 0 Å². The van der Waals surface area contributed by atoms with Gasteiger partial charge < -0.3 is 10.5 Å². The minimum Gasteiger partial charge on any atom is -0.491 e. The molecule has 1 unspecified atom stereocenters. The fourth-order valence-electron chi connectivity index (χ4n) is 1.24. The molecule has 0 spiro atoms. The maximum Gasteiger partial charge on any atom is 0.143 e. The number of anilines is 1. The van der Waals surface area contributed by atoms with Gasteiger partial charge in [0.1, 0.15) is 5.75 Å². The summed E-state index contributed by atoms with van der Waals surface area (Å²) < 4.78 is 5.60. The van der Waals surface area contributed by atoms with Gasteiger partial charge in [0.15, 0.2) is 0 Å². The number of hydrogen-bond acceptors (Lipinski definition) is 3. The van der Waals surface area contributed by atoms with Crippen molar-refractivity contribution in [2.75, 3.05) is 12.3 Å². The molecule has 1 rings (SSSR count). The molecule has 0 radical (unpaired) electrons. The number of nitrogen functional groups attached to an aromatic ring is 1. The fourth-order valence-corrected chi connectivity index (χ4v) is 2.19. The zero-order valence-electron chi connectivity index (χ0n) is 10.3. The average molecular weight is 239 g/mol. The normalized spacial score (nSPS) is 12.4. The summed E-state index contributed by atoms with van der Waals surface area (Å²) in [6.07, 6.45) is 2.17. The van der Waals surface area contributed by atoms with Crippen molar-refractivity contribution in [1.29, 1.82) is 0 Å². The summed E-state index contributed by atoms with van der Waals surface area (Å²) in [5, 5.41) is 0.627. The smallest absolute Gasteiger partial charge is 0.143 e. The summed E-state index contributed by atoms with van der Waals surface area (Å²) >= 11 is 1.86. The molecule has 0 heterocycles. The van der Waals surface area contributed by atoms with E-state index in [-0.39, 0.29) is 0 Å². The Morgan fingerprint density at radius 1 is 1.38 bits per heavy atom. The van der Waals surface area contributed by atoms with Crippen LogP contribution < -0.4 is 10.5 Å². The van der Waals surface area contributed by atoms with E-state index in [2.05, 4.69) is 26.8 Å². The molecule has 1 aromatic rings. The second-order valence-corrected chi connectivity index (χ2v) is 5.40. The topological polar surface area (TPSA) is 35.2 Å². The SMILES string of the molecule is CCCOc1cc(SC(C)CC)ccc1N. The van der Waals surface area contributed by atoms with Crippen LogP contribution in [-0.4, -0.2) is 11.9 Å². The van der Waals surface area contributed by atoms with Gasteiger partial charge in [0.2, 0.25) is 0 Å². The summed E-state index contributed by atoms with van der Waals surface area (Å²) in [5.41, 5.74) is 6.58. The van der Waals surface area contributed by atoms with Gasteiger partial charge in [-0.2, -0.15) is 0 Å². The average Bonchev–Trinajstić information content (AvgIpc) is 2.29. The number of ether oxygens (including phenoxy) is 1. The van der Waals surface area contributed by atoms with E-state index < -0.39 is 0 Å². The maximum absolute atomic E-state index is 5.86. The zero-order chi connectivity index (χ0) is 12.0. The molecule has 2 N–H and O–H groups in total. The first-order valence-electron chi connectivity index (χ1n) is 5.86.